The van der Waals surface area contributed by atoms with E-state index >= 15 is 0 Å². The van der Waals surface area contributed by atoms with Gasteiger partial charge >= 0.3 is 0 Å². The van der Waals surface area contributed by atoms with E-state index in [1.54, 1.807) is 11.8 Å². The summed E-state index contributed by atoms with van der Waals surface area (Å²) in [6, 6.07) is 12.0. The van der Waals surface area contributed by atoms with Crippen LogP contribution in [0.2, 0.25) is 5.02 Å². The average molecular weight is 452 g/mol. The maximum absolute atomic E-state index is 13.1. The normalized spacial score (nSPS) is 15.6. The zero-order chi connectivity index (χ0) is 19.1. The number of rotatable bonds is 2. The SMILES string of the molecule is CCn1c(=O)/c(=C2\Sc3ccccc3N2C)s/c1=C\c1cc(Cl)cc[n+]1C.[Cl-]. The summed E-state index contributed by atoms with van der Waals surface area (Å²) >= 11 is 9.34. The van der Waals surface area contributed by atoms with Crippen molar-refractivity contribution in [3.8, 4) is 0 Å². The van der Waals surface area contributed by atoms with Gasteiger partial charge < -0.3 is 17.3 Å². The largest absolute Gasteiger partial charge is 1.00 e. The molecular weight excluding hydrogens is 433 g/mol. The number of benzene rings is 1. The highest BCUT2D eigenvalue weighted by atomic mass is 35.5. The Balaban J connectivity index is 0.00000225. The van der Waals surface area contributed by atoms with Crippen LogP contribution in [-0.4, -0.2) is 11.6 Å². The van der Waals surface area contributed by atoms with Crippen LogP contribution in [0.25, 0.3) is 11.1 Å². The Morgan fingerprint density at radius 2 is 2.00 bits per heavy atom. The molecule has 0 atom stereocenters. The second-order valence-electron chi connectivity index (χ2n) is 6.28. The fourth-order valence-electron chi connectivity index (χ4n) is 3.10. The second kappa shape index (κ2) is 8.33. The van der Waals surface area contributed by atoms with Gasteiger partial charge in [0.1, 0.15) is 21.3 Å². The number of thiazole rings is 1. The smallest absolute Gasteiger partial charge is 0.271 e. The summed E-state index contributed by atoms with van der Waals surface area (Å²) in [4.78, 5) is 16.4. The van der Waals surface area contributed by atoms with E-state index in [0.717, 1.165) is 25.6 Å². The number of nitrogens with zero attached hydrogens (tertiary/aromatic N) is 3. The number of fused-ring (bicyclic) bond motifs is 1. The summed E-state index contributed by atoms with van der Waals surface area (Å²) < 4.78 is 5.52. The molecule has 0 saturated heterocycles. The maximum atomic E-state index is 13.1. The Labute approximate surface area is 182 Å². The van der Waals surface area contributed by atoms with Crippen molar-refractivity contribution >= 4 is 51.5 Å². The molecule has 4 nitrogen and oxygen atoms in total. The summed E-state index contributed by atoms with van der Waals surface area (Å²) in [6.07, 6.45) is 3.95. The van der Waals surface area contributed by atoms with Crippen molar-refractivity contribution in [2.75, 3.05) is 11.9 Å². The molecule has 0 radical (unpaired) electrons. The number of halogens is 2. The number of hydrogen-bond donors (Lipinski definition) is 0. The highest BCUT2D eigenvalue weighted by Crippen LogP contribution is 2.44. The van der Waals surface area contributed by atoms with Crippen molar-refractivity contribution in [1.82, 2.24) is 4.57 Å². The third kappa shape index (κ3) is 3.62. The summed E-state index contributed by atoms with van der Waals surface area (Å²) in [6.45, 7) is 2.62. The van der Waals surface area contributed by atoms with E-state index in [9.17, 15) is 4.79 Å². The van der Waals surface area contributed by atoms with E-state index in [1.807, 2.05) is 66.7 Å². The van der Waals surface area contributed by atoms with E-state index < -0.39 is 0 Å². The molecule has 28 heavy (non-hydrogen) atoms. The van der Waals surface area contributed by atoms with E-state index in [0.29, 0.717) is 11.6 Å². The number of aryl methyl sites for hydroxylation is 1. The van der Waals surface area contributed by atoms with Gasteiger partial charge in [-0.2, -0.15) is 0 Å². The minimum atomic E-state index is 0. The van der Waals surface area contributed by atoms with Gasteiger partial charge in [-0.25, -0.2) is 4.57 Å². The van der Waals surface area contributed by atoms with E-state index in [4.69, 9.17) is 11.6 Å². The van der Waals surface area contributed by atoms with Gasteiger partial charge in [0.15, 0.2) is 6.20 Å². The quantitative estimate of drug-likeness (QED) is 0.494. The van der Waals surface area contributed by atoms with Crippen molar-refractivity contribution in [3.05, 3.63) is 72.9 Å². The molecule has 3 heterocycles. The maximum Gasteiger partial charge on any atom is 0.271 e. The molecule has 0 aliphatic carbocycles. The van der Waals surface area contributed by atoms with Crippen LogP contribution in [0.1, 0.15) is 12.6 Å². The number of hydrogen-bond acceptors (Lipinski definition) is 4. The minimum absolute atomic E-state index is 0. The number of anilines is 1. The Bertz CT molecular complexity index is 1220. The Kier molecular flexibility index (Phi) is 6.25. The first-order valence-corrected chi connectivity index (χ1v) is 10.6. The van der Waals surface area contributed by atoms with Gasteiger partial charge in [0, 0.05) is 36.7 Å². The average Bonchev–Trinajstić information content (AvgIpc) is 3.15. The van der Waals surface area contributed by atoms with Gasteiger partial charge in [-0.05, 0) is 19.1 Å². The van der Waals surface area contributed by atoms with E-state index in [-0.39, 0.29) is 18.0 Å². The van der Waals surface area contributed by atoms with Crippen molar-refractivity contribution in [3.63, 3.8) is 0 Å². The number of aromatic nitrogens is 2. The topological polar surface area (TPSA) is 29.1 Å². The molecule has 0 amide bonds. The van der Waals surface area contributed by atoms with Gasteiger partial charge in [0.2, 0.25) is 5.69 Å². The predicted octanol–water partition coefficient (Wildman–Crippen LogP) is -0.452. The molecule has 1 aliphatic heterocycles. The molecule has 4 rings (SSSR count). The first kappa shape index (κ1) is 21.0. The van der Waals surface area contributed by atoms with Crippen LogP contribution in [0.3, 0.4) is 0 Å². The van der Waals surface area contributed by atoms with Crippen LogP contribution in [0.15, 0.2) is 52.3 Å². The van der Waals surface area contributed by atoms with Gasteiger partial charge in [-0.1, -0.05) is 35.5 Å². The lowest BCUT2D eigenvalue weighted by atomic mass is 10.3. The Morgan fingerprint density at radius 1 is 1.25 bits per heavy atom. The van der Waals surface area contributed by atoms with Gasteiger partial charge in [-0.3, -0.25) is 9.36 Å². The molecule has 8 heteroatoms. The van der Waals surface area contributed by atoms with E-state index in [2.05, 4.69) is 17.0 Å². The first-order valence-electron chi connectivity index (χ1n) is 8.61. The minimum Gasteiger partial charge on any atom is -1.00 e. The van der Waals surface area contributed by atoms with Gasteiger partial charge in [-0.15, -0.1) is 11.3 Å². The fraction of sp³-hybridized carbons (Fsp3) is 0.200. The number of pyridine rings is 1. The van der Waals surface area contributed by atoms with Gasteiger partial charge in [0.25, 0.3) is 5.56 Å². The molecular formula is C20H19Cl2N3OS2. The van der Waals surface area contributed by atoms with Crippen LogP contribution >= 0.6 is 34.7 Å². The lowest BCUT2D eigenvalue weighted by Gasteiger charge is -2.11. The standard InChI is InChI=1S/C20H19ClN3OS2.ClH/c1-4-24-17(12-14-11-13(21)9-10-22(14)2)27-18(19(24)25)20-23(3)15-7-5-6-8-16(15)26-20;/h5-12H,4H2,1-3H3;1H/q+1;/p-1/b20-18+;. The molecule has 0 spiro atoms. The summed E-state index contributed by atoms with van der Waals surface area (Å²) in [5, 5.41) is 1.67. The lowest BCUT2D eigenvalue weighted by Crippen LogP contribution is -3.00. The zero-order valence-electron chi connectivity index (χ0n) is 15.6. The molecule has 1 aliphatic rings. The number of para-hydroxylation sites is 1. The van der Waals surface area contributed by atoms with Crippen LogP contribution < -0.4 is 36.6 Å². The van der Waals surface area contributed by atoms with Crippen molar-refractivity contribution in [1.29, 1.82) is 0 Å². The molecule has 0 N–H and O–H groups in total. The third-order valence-corrected chi connectivity index (χ3v) is 7.30. The Morgan fingerprint density at radius 3 is 2.71 bits per heavy atom. The van der Waals surface area contributed by atoms with Crippen LogP contribution in [0.4, 0.5) is 5.69 Å². The molecule has 0 unspecified atom stereocenters. The Hall–Kier alpha value is -1.73. The van der Waals surface area contributed by atoms with Crippen LogP contribution in [0, 0.1) is 0 Å². The highest BCUT2D eigenvalue weighted by Gasteiger charge is 2.24. The highest BCUT2D eigenvalue weighted by molar-refractivity contribution is 8.08. The van der Waals surface area contributed by atoms with Crippen LogP contribution in [0.5, 0.6) is 0 Å². The summed E-state index contributed by atoms with van der Waals surface area (Å²) in [5.41, 5.74) is 2.15. The molecule has 1 aromatic carbocycles. The molecule has 0 saturated carbocycles. The lowest BCUT2D eigenvalue weighted by molar-refractivity contribution is -0.673. The van der Waals surface area contributed by atoms with Crippen molar-refractivity contribution < 1.29 is 17.0 Å². The van der Waals surface area contributed by atoms with Crippen LogP contribution in [-0.2, 0) is 13.6 Å². The summed E-state index contributed by atoms with van der Waals surface area (Å²) in [7, 11) is 3.99. The van der Waals surface area contributed by atoms with Gasteiger partial charge in [0.05, 0.1) is 10.7 Å². The van der Waals surface area contributed by atoms with Crippen molar-refractivity contribution in [2.45, 2.75) is 18.4 Å². The molecule has 2 aromatic heterocycles. The second-order valence-corrected chi connectivity index (χ2v) is 8.78. The monoisotopic (exact) mass is 451 g/mol. The van der Waals surface area contributed by atoms with Crippen molar-refractivity contribution in [2.24, 2.45) is 7.05 Å². The fourth-order valence-corrected chi connectivity index (χ4v) is 5.73. The molecule has 3 aromatic rings. The first-order chi connectivity index (χ1) is 13.0. The van der Waals surface area contributed by atoms with E-state index in [1.165, 1.54) is 16.2 Å². The molecule has 0 bridgehead atoms. The molecule has 146 valence electrons. The summed E-state index contributed by atoms with van der Waals surface area (Å²) in [5.74, 6) is 0. The number of thioether (sulfide) groups is 1. The molecule has 0 fully saturated rings. The zero-order valence-corrected chi connectivity index (χ0v) is 18.8. The third-order valence-electron chi connectivity index (χ3n) is 4.58. The predicted molar refractivity (Wildman–Crippen MR) is 114 cm³/mol.